The molecule has 0 saturated carbocycles. The van der Waals surface area contributed by atoms with Crippen molar-refractivity contribution in [3.05, 3.63) is 65.6 Å². The monoisotopic (exact) mass is 349 g/mol. The van der Waals surface area contributed by atoms with Crippen molar-refractivity contribution in [2.24, 2.45) is 0 Å². The van der Waals surface area contributed by atoms with Gasteiger partial charge in [-0.05, 0) is 44.0 Å². The van der Waals surface area contributed by atoms with Crippen molar-refractivity contribution < 1.29 is 14.3 Å². The highest BCUT2D eigenvalue weighted by atomic mass is 16.5. The molecule has 3 aromatic rings. The first-order valence-electron chi connectivity index (χ1n) is 8.56. The summed E-state index contributed by atoms with van der Waals surface area (Å²) in [6.45, 7) is 3.62. The zero-order valence-corrected chi connectivity index (χ0v) is 14.7. The molecular formula is C20H19N3O3. The van der Waals surface area contributed by atoms with Gasteiger partial charge in [0.15, 0.2) is 12.3 Å². The molecule has 3 heterocycles. The van der Waals surface area contributed by atoms with Crippen molar-refractivity contribution in [2.45, 2.75) is 26.3 Å². The number of anilines is 1. The molecule has 1 unspecified atom stereocenters. The zero-order valence-electron chi connectivity index (χ0n) is 14.7. The minimum Gasteiger partial charge on any atom is -0.451 e. The molecule has 1 aliphatic rings. The second-order valence-electron chi connectivity index (χ2n) is 6.54. The van der Waals surface area contributed by atoms with Crippen LogP contribution in [-0.4, -0.2) is 33.9 Å². The third-order valence-corrected chi connectivity index (χ3v) is 4.71. The minimum absolute atomic E-state index is 0.0523. The van der Waals surface area contributed by atoms with E-state index in [9.17, 15) is 9.59 Å². The molecule has 1 aromatic carbocycles. The van der Waals surface area contributed by atoms with Gasteiger partial charge in [-0.1, -0.05) is 24.3 Å². The van der Waals surface area contributed by atoms with Gasteiger partial charge in [-0.2, -0.15) is 0 Å². The van der Waals surface area contributed by atoms with Crippen molar-refractivity contribution in [3.8, 4) is 0 Å². The number of imidazole rings is 1. The molecular weight excluding hydrogens is 330 g/mol. The maximum atomic E-state index is 12.6. The number of para-hydroxylation sites is 1. The molecule has 132 valence electrons. The summed E-state index contributed by atoms with van der Waals surface area (Å²) in [5, 5.41) is 0. The van der Waals surface area contributed by atoms with E-state index in [2.05, 4.69) is 4.98 Å². The van der Waals surface area contributed by atoms with E-state index in [1.54, 1.807) is 11.1 Å². The molecule has 0 N–H and O–H groups in total. The smallest absolute Gasteiger partial charge is 0.359 e. The van der Waals surface area contributed by atoms with Crippen LogP contribution in [0.5, 0.6) is 0 Å². The maximum absolute atomic E-state index is 12.6. The summed E-state index contributed by atoms with van der Waals surface area (Å²) in [7, 11) is 0. The first kappa shape index (κ1) is 16.3. The zero-order chi connectivity index (χ0) is 18.3. The van der Waals surface area contributed by atoms with Crippen molar-refractivity contribution in [1.29, 1.82) is 0 Å². The van der Waals surface area contributed by atoms with Crippen LogP contribution in [0.4, 0.5) is 5.69 Å². The van der Waals surface area contributed by atoms with Gasteiger partial charge in [0.2, 0.25) is 0 Å². The number of aryl methyl sites for hydroxylation is 1. The lowest BCUT2D eigenvalue weighted by molar-refractivity contribution is -0.122. The molecule has 26 heavy (non-hydrogen) atoms. The van der Waals surface area contributed by atoms with Crippen LogP contribution in [0.2, 0.25) is 0 Å². The van der Waals surface area contributed by atoms with E-state index in [0.29, 0.717) is 5.65 Å². The van der Waals surface area contributed by atoms with E-state index < -0.39 is 5.97 Å². The lowest BCUT2D eigenvalue weighted by Crippen LogP contribution is -2.38. The van der Waals surface area contributed by atoms with E-state index in [-0.39, 0.29) is 24.2 Å². The number of hydrogen-bond donors (Lipinski definition) is 0. The van der Waals surface area contributed by atoms with Crippen LogP contribution >= 0.6 is 0 Å². The third kappa shape index (κ3) is 2.73. The summed E-state index contributed by atoms with van der Waals surface area (Å²) in [6.07, 6.45) is 2.44. The van der Waals surface area contributed by atoms with Gasteiger partial charge in [-0.3, -0.25) is 4.79 Å². The van der Waals surface area contributed by atoms with Gasteiger partial charge in [0.1, 0.15) is 5.65 Å². The highest BCUT2D eigenvalue weighted by Crippen LogP contribution is 2.31. The van der Waals surface area contributed by atoms with Gasteiger partial charge in [-0.25, -0.2) is 9.78 Å². The number of aromatic nitrogens is 2. The van der Waals surface area contributed by atoms with Crippen LogP contribution in [0.25, 0.3) is 5.65 Å². The van der Waals surface area contributed by atoms with Gasteiger partial charge in [-0.15, -0.1) is 0 Å². The second kappa shape index (κ2) is 6.29. The molecule has 0 aliphatic carbocycles. The lowest BCUT2D eigenvalue weighted by atomic mass is 10.1. The summed E-state index contributed by atoms with van der Waals surface area (Å²) in [4.78, 5) is 30.9. The Morgan fingerprint density at radius 2 is 2.00 bits per heavy atom. The van der Waals surface area contributed by atoms with E-state index in [0.717, 1.165) is 23.4 Å². The SMILES string of the molecule is Cc1cccc2nc(C(=O)OCC(=O)N3c4ccccc4CC3C)cn12. The number of pyridine rings is 1. The molecule has 0 fully saturated rings. The summed E-state index contributed by atoms with van der Waals surface area (Å²) < 4.78 is 7.05. The van der Waals surface area contributed by atoms with Crippen molar-refractivity contribution in [3.63, 3.8) is 0 Å². The number of esters is 1. The first-order valence-corrected chi connectivity index (χ1v) is 8.56. The molecule has 6 heteroatoms. The molecule has 1 amide bonds. The highest BCUT2D eigenvalue weighted by Gasteiger charge is 2.31. The molecule has 0 bridgehead atoms. The number of hydrogen-bond acceptors (Lipinski definition) is 4. The van der Waals surface area contributed by atoms with Crippen LogP contribution in [0.3, 0.4) is 0 Å². The van der Waals surface area contributed by atoms with Crippen LogP contribution in [0.15, 0.2) is 48.7 Å². The topological polar surface area (TPSA) is 63.9 Å². The second-order valence-corrected chi connectivity index (χ2v) is 6.54. The summed E-state index contributed by atoms with van der Waals surface area (Å²) in [5.74, 6) is -0.822. The number of benzene rings is 1. The lowest BCUT2D eigenvalue weighted by Gasteiger charge is -2.22. The number of rotatable bonds is 3. The van der Waals surface area contributed by atoms with E-state index in [1.165, 1.54) is 0 Å². The summed E-state index contributed by atoms with van der Waals surface area (Å²) in [5.41, 5.74) is 3.86. The fourth-order valence-electron chi connectivity index (χ4n) is 3.46. The molecule has 0 radical (unpaired) electrons. The fourth-order valence-corrected chi connectivity index (χ4v) is 3.46. The predicted molar refractivity (Wildman–Crippen MR) is 97.3 cm³/mol. The molecule has 1 aliphatic heterocycles. The minimum atomic E-state index is -0.596. The van der Waals surface area contributed by atoms with Crippen molar-refractivity contribution in [2.75, 3.05) is 11.5 Å². The van der Waals surface area contributed by atoms with E-state index in [1.807, 2.05) is 60.7 Å². The maximum Gasteiger partial charge on any atom is 0.359 e. The Morgan fingerprint density at radius 3 is 2.81 bits per heavy atom. The van der Waals surface area contributed by atoms with Crippen LogP contribution < -0.4 is 4.90 Å². The number of carbonyl (C=O) groups excluding carboxylic acids is 2. The van der Waals surface area contributed by atoms with Gasteiger partial charge in [0.25, 0.3) is 5.91 Å². The quantitative estimate of drug-likeness (QED) is 0.682. The Balaban J connectivity index is 1.47. The molecule has 2 aromatic heterocycles. The molecule has 6 nitrogen and oxygen atoms in total. The molecule has 1 atom stereocenters. The average molecular weight is 349 g/mol. The van der Waals surface area contributed by atoms with Gasteiger partial charge in [0, 0.05) is 23.6 Å². The third-order valence-electron chi connectivity index (χ3n) is 4.71. The number of nitrogens with zero attached hydrogens (tertiary/aromatic N) is 3. The van der Waals surface area contributed by atoms with Crippen molar-refractivity contribution in [1.82, 2.24) is 9.38 Å². The largest absolute Gasteiger partial charge is 0.451 e. The normalized spacial score (nSPS) is 15.9. The Bertz CT molecular complexity index is 1010. The Labute approximate surface area is 151 Å². The molecule has 0 saturated heterocycles. The fraction of sp³-hybridized carbons (Fsp3) is 0.250. The van der Waals surface area contributed by atoms with Crippen molar-refractivity contribution >= 4 is 23.2 Å². The Hall–Kier alpha value is -3.15. The molecule has 4 rings (SSSR count). The standard InChI is InChI=1S/C20H19N3O3/c1-13-6-5-9-18-21-16(11-22(13)18)20(25)26-12-19(24)23-14(2)10-15-7-3-4-8-17(15)23/h3-9,11,14H,10,12H2,1-2H3. The summed E-state index contributed by atoms with van der Waals surface area (Å²) in [6, 6.07) is 13.5. The van der Waals surface area contributed by atoms with Crippen LogP contribution in [-0.2, 0) is 16.0 Å². The average Bonchev–Trinajstić information content (AvgIpc) is 3.20. The Kier molecular flexibility index (Phi) is 3.95. The first-order chi connectivity index (χ1) is 12.5. The number of fused-ring (bicyclic) bond motifs is 2. The van der Waals surface area contributed by atoms with Gasteiger partial charge in [0.05, 0.1) is 0 Å². The highest BCUT2D eigenvalue weighted by molar-refractivity contribution is 5.98. The Morgan fingerprint density at radius 1 is 1.19 bits per heavy atom. The van der Waals surface area contributed by atoms with Crippen LogP contribution in [0.1, 0.15) is 28.7 Å². The van der Waals surface area contributed by atoms with Crippen LogP contribution in [0, 0.1) is 6.92 Å². The molecule has 0 spiro atoms. The number of ether oxygens (including phenoxy) is 1. The number of carbonyl (C=O) groups is 2. The summed E-state index contributed by atoms with van der Waals surface area (Å²) >= 11 is 0. The predicted octanol–water partition coefficient (Wildman–Crippen LogP) is 2.78. The van der Waals surface area contributed by atoms with Gasteiger partial charge < -0.3 is 14.0 Å². The number of amides is 1. The van der Waals surface area contributed by atoms with E-state index >= 15 is 0 Å². The van der Waals surface area contributed by atoms with Gasteiger partial charge >= 0.3 is 5.97 Å². The van der Waals surface area contributed by atoms with E-state index in [4.69, 9.17) is 4.74 Å².